The number of hydrazine groups is 1. The highest BCUT2D eigenvalue weighted by molar-refractivity contribution is 5.43. The van der Waals surface area contributed by atoms with Crippen LogP contribution in [-0.2, 0) is 6.18 Å². The third kappa shape index (κ3) is 3.23. The largest absolute Gasteiger partial charge is 0.433 e. The van der Waals surface area contributed by atoms with Gasteiger partial charge in [0.15, 0.2) is 5.69 Å². The number of hydrogen-bond donors (Lipinski definition) is 3. The predicted molar refractivity (Wildman–Crippen MR) is 53.6 cm³/mol. The van der Waals surface area contributed by atoms with Crippen LogP contribution in [0.5, 0.6) is 0 Å². The third-order valence-corrected chi connectivity index (χ3v) is 1.58. The smallest absolute Gasteiger partial charge is 0.368 e. The van der Waals surface area contributed by atoms with E-state index < -0.39 is 11.9 Å². The molecule has 0 spiro atoms. The summed E-state index contributed by atoms with van der Waals surface area (Å²) in [6, 6.07) is 0.794. The number of halogens is 3. The van der Waals surface area contributed by atoms with Crippen molar-refractivity contribution in [1.82, 2.24) is 9.97 Å². The van der Waals surface area contributed by atoms with Gasteiger partial charge in [0.1, 0.15) is 5.82 Å². The van der Waals surface area contributed by atoms with Crippen molar-refractivity contribution in [2.45, 2.75) is 26.1 Å². The van der Waals surface area contributed by atoms with Crippen LogP contribution in [0.15, 0.2) is 6.07 Å². The number of nitrogens with one attached hydrogen (secondary N) is 2. The zero-order valence-electron chi connectivity index (χ0n) is 8.76. The summed E-state index contributed by atoms with van der Waals surface area (Å²) >= 11 is 0. The van der Waals surface area contributed by atoms with Gasteiger partial charge in [-0.25, -0.2) is 10.8 Å². The Kier molecular flexibility index (Phi) is 3.53. The lowest BCUT2D eigenvalue weighted by Gasteiger charge is -2.13. The molecule has 0 unspecified atom stereocenters. The molecule has 8 heteroatoms. The molecule has 0 atom stereocenters. The van der Waals surface area contributed by atoms with Crippen molar-refractivity contribution in [3.05, 3.63) is 11.8 Å². The summed E-state index contributed by atoms with van der Waals surface area (Å²) in [6.45, 7) is 3.57. The molecule has 1 aromatic rings. The van der Waals surface area contributed by atoms with Gasteiger partial charge in [-0.2, -0.15) is 18.2 Å². The van der Waals surface area contributed by atoms with Gasteiger partial charge >= 0.3 is 6.18 Å². The molecule has 1 aromatic heterocycles. The maximum atomic E-state index is 12.4. The van der Waals surface area contributed by atoms with E-state index >= 15 is 0 Å². The van der Waals surface area contributed by atoms with Crippen LogP contribution in [0, 0.1) is 0 Å². The van der Waals surface area contributed by atoms with Crippen LogP contribution in [-0.4, -0.2) is 16.0 Å². The summed E-state index contributed by atoms with van der Waals surface area (Å²) < 4.78 is 37.3. The number of anilines is 2. The molecule has 1 heterocycles. The fourth-order valence-corrected chi connectivity index (χ4v) is 1.03. The summed E-state index contributed by atoms with van der Waals surface area (Å²) in [4.78, 5) is 6.97. The van der Waals surface area contributed by atoms with Gasteiger partial charge in [-0.3, -0.25) is 5.43 Å². The van der Waals surface area contributed by atoms with Gasteiger partial charge in [0.05, 0.1) is 0 Å². The van der Waals surface area contributed by atoms with Crippen molar-refractivity contribution >= 4 is 11.8 Å². The molecule has 0 saturated heterocycles. The van der Waals surface area contributed by atoms with Crippen molar-refractivity contribution in [3.8, 4) is 0 Å². The highest BCUT2D eigenvalue weighted by Gasteiger charge is 2.33. The SMILES string of the molecule is CC(C)Nc1cc(C(F)(F)F)nc(NN)n1. The van der Waals surface area contributed by atoms with E-state index in [1.807, 2.05) is 5.43 Å². The van der Waals surface area contributed by atoms with Crippen molar-refractivity contribution in [1.29, 1.82) is 0 Å². The first-order valence-electron chi connectivity index (χ1n) is 4.52. The third-order valence-electron chi connectivity index (χ3n) is 1.58. The van der Waals surface area contributed by atoms with Crippen LogP contribution in [0.1, 0.15) is 19.5 Å². The molecule has 4 N–H and O–H groups in total. The molecule has 0 bridgehead atoms. The average Bonchev–Trinajstić information content (AvgIpc) is 2.14. The first-order chi connectivity index (χ1) is 7.32. The number of alkyl halides is 3. The standard InChI is InChI=1S/C8H12F3N5/c1-4(2)13-6-3-5(8(9,10)11)14-7(15-6)16-12/h3-4H,12H2,1-2H3,(H2,13,14,15,16). The molecule has 0 aliphatic rings. The Balaban J connectivity index is 3.11. The van der Waals surface area contributed by atoms with Crippen molar-refractivity contribution in [2.24, 2.45) is 5.84 Å². The van der Waals surface area contributed by atoms with Gasteiger partial charge in [-0.1, -0.05) is 0 Å². The molecule has 0 radical (unpaired) electrons. The summed E-state index contributed by atoms with van der Waals surface area (Å²) in [6.07, 6.45) is -4.53. The minimum atomic E-state index is -4.53. The second-order valence-electron chi connectivity index (χ2n) is 3.40. The molecular weight excluding hydrogens is 223 g/mol. The van der Waals surface area contributed by atoms with Gasteiger partial charge in [0.2, 0.25) is 5.95 Å². The minimum Gasteiger partial charge on any atom is -0.368 e. The van der Waals surface area contributed by atoms with E-state index in [1.165, 1.54) is 0 Å². The Labute approximate surface area is 90.2 Å². The number of rotatable bonds is 3. The van der Waals surface area contributed by atoms with Crippen molar-refractivity contribution in [2.75, 3.05) is 10.7 Å². The average molecular weight is 235 g/mol. The normalized spacial score (nSPS) is 11.7. The zero-order chi connectivity index (χ0) is 12.3. The van der Waals surface area contributed by atoms with Gasteiger partial charge in [-0.05, 0) is 13.8 Å². The lowest BCUT2D eigenvalue weighted by Crippen LogP contribution is -2.18. The van der Waals surface area contributed by atoms with Crippen LogP contribution in [0.3, 0.4) is 0 Å². The summed E-state index contributed by atoms with van der Waals surface area (Å²) in [5, 5.41) is 2.75. The Bertz CT molecular complexity index is 363. The van der Waals surface area contributed by atoms with Gasteiger partial charge < -0.3 is 5.32 Å². The molecule has 0 saturated carbocycles. The minimum absolute atomic E-state index is 0.0402. The molecule has 0 amide bonds. The van der Waals surface area contributed by atoms with E-state index in [4.69, 9.17) is 5.84 Å². The predicted octanol–water partition coefficient (Wildman–Crippen LogP) is 1.60. The molecule has 0 aliphatic heterocycles. The van der Waals surface area contributed by atoms with E-state index in [2.05, 4.69) is 15.3 Å². The first-order valence-corrected chi connectivity index (χ1v) is 4.52. The molecule has 5 nitrogen and oxygen atoms in total. The number of nitrogens with zero attached hydrogens (tertiary/aromatic N) is 2. The van der Waals surface area contributed by atoms with Crippen LogP contribution in [0.4, 0.5) is 24.9 Å². The summed E-state index contributed by atoms with van der Waals surface area (Å²) in [7, 11) is 0. The fourth-order valence-electron chi connectivity index (χ4n) is 1.03. The van der Waals surface area contributed by atoms with Gasteiger partial charge in [0.25, 0.3) is 0 Å². The number of aromatic nitrogens is 2. The fraction of sp³-hybridized carbons (Fsp3) is 0.500. The maximum Gasteiger partial charge on any atom is 0.433 e. The highest BCUT2D eigenvalue weighted by atomic mass is 19.4. The lowest BCUT2D eigenvalue weighted by atomic mass is 10.3. The topological polar surface area (TPSA) is 75.9 Å². The van der Waals surface area contributed by atoms with Crippen LogP contribution in [0.2, 0.25) is 0 Å². The summed E-state index contributed by atoms with van der Waals surface area (Å²) in [5.41, 5.74) is 0.948. The van der Waals surface area contributed by atoms with Crippen LogP contribution >= 0.6 is 0 Å². The molecule has 16 heavy (non-hydrogen) atoms. The zero-order valence-corrected chi connectivity index (χ0v) is 8.76. The van der Waals surface area contributed by atoms with E-state index in [0.717, 1.165) is 6.07 Å². The van der Waals surface area contributed by atoms with Crippen molar-refractivity contribution < 1.29 is 13.2 Å². The van der Waals surface area contributed by atoms with E-state index in [9.17, 15) is 13.2 Å². The van der Waals surface area contributed by atoms with E-state index in [0.29, 0.717) is 0 Å². The van der Waals surface area contributed by atoms with Gasteiger partial charge in [0, 0.05) is 12.1 Å². The second kappa shape index (κ2) is 4.52. The second-order valence-corrected chi connectivity index (χ2v) is 3.40. The van der Waals surface area contributed by atoms with Crippen LogP contribution in [0.25, 0.3) is 0 Å². The molecular formula is C8H12F3N5. The van der Waals surface area contributed by atoms with Crippen LogP contribution < -0.4 is 16.6 Å². The number of nitrogen functional groups attached to an aromatic ring is 1. The highest BCUT2D eigenvalue weighted by Crippen LogP contribution is 2.29. The Morgan fingerprint density at radius 1 is 1.31 bits per heavy atom. The first kappa shape index (κ1) is 12.5. The molecule has 0 aliphatic carbocycles. The van der Waals surface area contributed by atoms with Gasteiger partial charge in [-0.15, -0.1) is 0 Å². The Hall–Kier alpha value is -1.57. The van der Waals surface area contributed by atoms with Crippen molar-refractivity contribution in [3.63, 3.8) is 0 Å². The molecule has 1 rings (SSSR count). The maximum absolute atomic E-state index is 12.4. The molecule has 90 valence electrons. The number of nitrogens with two attached hydrogens (primary N) is 1. The molecule has 0 aromatic carbocycles. The monoisotopic (exact) mass is 235 g/mol. The Morgan fingerprint density at radius 2 is 1.94 bits per heavy atom. The van der Waals surface area contributed by atoms with E-state index in [1.54, 1.807) is 13.8 Å². The van der Waals surface area contributed by atoms with E-state index in [-0.39, 0.29) is 17.8 Å². The Morgan fingerprint density at radius 3 is 2.38 bits per heavy atom. The quantitative estimate of drug-likeness (QED) is 0.548. The number of hydrogen-bond acceptors (Lipinski definition) is 5. The lowest BCUT2D eigenvalue weighted by molar-refractivity contribution is -0.141. The molecule has 0 fully saturated rings. The summed E-state index contributed by atoms with van der Waals surface area (Å²) in [5.74, 6) is 4.79.